The number of nitrogens with zero attached hydrogens (tertiary/aromatic N) is 4. The summed E-state index contributed by atoms with van der Waals surface area (Å²) in [4.78, 5) is 6.92. The van der Waals surface area contributed by atoms with Gasteiger partial charge in [0.2, 0.25) is 17.7 Å². The summed E-state index contributed by atoms with van der Waals surface area (Å²) in [7, 11) is 1.59. The first-order chi connectivity index (χ1) is 9.29. The quantitative estimate of drug-likeness (QED) is 0.658. The van der Waals surface area contributed by atoms with E-state index in [0.717, 1.165) is 0 Å². The lowest BCUT2D eigenvalue weighted by atomic mass is 10.4. The Bertz CT molecular complexity index is 624. The second-order valence-corrected chi connectivity index (χ2v) is 3.91. The Hall–Kier alpha value is -2.36. The van der Waals surface area contributed by atoms with Crippen molar-refractivity contribution in [1.29, 1.82) is 0 Å². The Morgan fingerprint density at radius 2 is 2.00 bits per heavy atom. The largest absolute Gasteiger partial charge is 0.433 e. The van der Waals surface area contributed by atoms with Crippen molar-refractivity contribution in [3.05, 3.63) is 23.5 Å². The van der Waals surface area contributed by atoms with E-state index < -0.39 is 17.8 Å². The summed E-state index contributed by atoms with van der Waals surface area (Å²) < 4.78 is 44.7. The van der Waals surface area contributed by atoms with Crippen LogP contribution >= 0.6 is 0 Å². The van der Waals surface area contributed by atoms with Crippen LogP contribution < -0.4 is 16.0 Å². The van der Waals surface area contributed by atoms with Gasteiger partial charge in [-0.2, -0.15) is 23.3 Å². The fraction of sp³-hybridized carbons (Fsp3) is 0.300. The van der Waals surface area contributed by atoms with Crippen LogP contribution in [0.2, 0.25) is 0 Å². The molecule has 2 rings (SSSR count). The van der Waals surface area contributed by atoms with Crippen molar-refractivity contribution in [3.63, 3.8) is 0 Å². The van der Waals surface area contributed by atoms with Crippen LogP contribution in [-0.2, 0) is 13.2 Å². The Balaban J connectivity index is 2.38. The van der Waals surface area contributed by atoms with E-state index in [4.69, 9.17) is 10.6 Å². The normalized spacial score (nSPS) is 11.5. The molecule has 2 aromatic heterocycles. The summed E-state index contributed by atoms with van der Waals surface area (Å²) >= 11 is 0. The topological polar surface area (TPSA) is 90.9 Å². The number of anilines is 1. The van der Waals surface area contributed by atoms with Gasteiger partial charge in [0.15, 0.2) is 5.69 Å². The number of halogens is 3. The minimum atomic E-state index is -4.63. The van der Waals surface area contributed by atoms with Gasteiger partial charge in [0.05, 0.1) is 5.69 Å². The lowest BCUT2D eigenvalue weighted by molar-refractivity contribution is -0.141. The number of rotatable bonds is 3. The van der Waals surface area contributed by atoms with E-state index in [0.29, 0.717) is 11.8 Å². The Morgan fingerprint density at radius 1 is 1.30 bits per heavy atom. The summed E-state index contributed by atoms with van der Waals surface area (Å²) in [5.41, 5.74) is 1.46. The third-order valence-corrected chi connectivity index (χ3v) is 2.29. The average molecular weight is 288 g/mol. The van der Waals surface area contributed by atoms with E-state index in [-0.39, 0.29) is 11.8 Å². The van der Waals surface area contributed by atoms with Crippen molar-refractivity contribution in [1.82, 2.24) is 19.7 Å². The number of nitrogen functional groups attached to an aromatic ring is 1. The zero-order valence-corrected chi connectivity index (χ0v) is 10.6. The van der Waals surface area contributed by atoms with Gasteiger partial charge < -0.3 is 4.74 Å². The standard InChI is InChI=1S/C10H11F3N6O/c1-5-3-8(19(2)18-5)20-7-4-6(10(11,12)13)15-9(16-7)17-14/h3-4H,14H2,1-2H3,(H,15,16,17). The van der Waals surface area contributed by atoms with Crippen LogP contribution in [0.3, 0.4) is 0 Å². The molecule has 0 unspecified atom stereocenters. The predicted octanol–water partition coefficient (Wildman–Crippen LogP) is 1.62. The van der Waals surface area contributed by atoms with Gasteiger partial charge in [0, 0.05) is 19.2 Å². The molecule has 0 bridgehead atoms. The highest BCUT2D eigenvalue weighted by Gasteiger charge is 2.34. The second-order valence-electron chi connectivity index (χ2n) is 3.91. The molecule has 10 heteroatoms. The van der Waals surface area contributed by atoms with Gasteiger partial charge in [-0.15, -0.1) is 0 Å². The third-order valence-electron chi connectivity index (χ3n) is 2.29. The molecular weight excluding hydrogens is 277 g/mol. The van der Waals surface area contributed by atoms with Crippen LogP contribution in [0.5, 0.6) is 11.8 Å². The highest BCUT2D eigenvalue weighted by Crippen LogP contribution is 2.31. The number of ether oxygens (including phenoxy) is 1. The molecule has 2 aromatic rings. The molecule has 2 heterocycles. The average Bonchev–Trinajstić information content (AvgIpc) is 2.66. The van der Waals surface area contributed by atoms with Gasteiger partial charge in [-0.05, 0) is 6.92 Å². The number of nitrogens with one attached hydrogen (secondary N) is 1. The van der Waals surface area contributed by atoms with E-state index in [1.54, 1.807) is 20.0 Å². The number of aromatic nitrogens is 4. The summed E-state index contributed by atoms with van der Waals surface area (Å²) in [5.74, 6) is 4.61. The molecule has 0 radical (unpaired) electrons. The van der Waals surface area contributed by atoms with Crippen molar-refractivity contribution < 1.29 is 17.9 Å². The minimum absolute atomic E-state index is 0.247. The lowest BCUT2D eigenvalue weighted by Gasteiger charge is -2.10. The highest BCUT2D eigenvalue weighted by atomic mass is 19.4. The third kappa shape index (κ3) is 2.96. The molecule has 0 atom stereocenters. The molecule has 0 aliphatic heterocycles. The van der Waals surface area contributed by atoms with Crippen molar-refractivity contribution in [2.45, 2.75) is 13.1 Å². The van der Waals surface area contributed by atoms with E-state index in [1.165, 1.54) is 4.68 Å². The SMILES string of the molecule is Cc1cc(Oc2cc(C(F)(F)F)nc(NN)n2)n(C)n1. The lowest BCUT2D eigenvalue weighted by Crippen LogP contribution is -2.15. The monoisotopic (exact) mass is 288 g/mol. The summed E-state index contributed by atoms with van der Waals surface area (Å²) in [5, 5.41) is 4.01. The second kappa shape index (κ2) is 4.96. The Labute approximate surface area is 111 Å². The molecule has 0 saturated carbocycles. The van der Waals surface area contributed by atoms with Crippen LogP contribution in [0.1, 0.15) is 11.4 Å². The summed E-state index contributed by atoms with van der Waals surface area (Å²) in [6, 6.07) is 2.24. The Kier molecular flexibility index (Phi) is 3.49. The molecule has 0 spiro atoms. The van der Waals surface area contributed by atoms with Crippen LogP contribution in [-0.4, -0.2) is 19.7 Å². The number of alkyl halides is 3. The van der Waals surface area contributed by atoms with Crippen molar-refractivity contribution in [2.24, 2.45) is 12.9 Å². The molecule has 0 amide bonds. The van der Waals surface area contributed by atoms with Crippen LogP contribution in [0.25, 0.3) is 0 Å². The van der Waals surface area contributed by atoms with Gasteiger partial charge in [0.25, 0.3) is 0 Å². The number of hydrogen-bond acceptors (Lipinski definition) is 6. The van der Waals surface area contributed by atoms with Crippen LogP contribution in [0.15, 0.2) is 12.1 Å². The van der Waals surface area contributed by atoms with Gasteiger partial charge in [-0.3, -0.25) is 5.43 Å². The first kappa shape index (κ1) is 14.1. The van der Waals surface area contributed by atoms with Gasteiger partial charge in [-0.25, -0.2) is 15.5 Å². The van der Waals surface area contributed by atoms with E-state index in [2.05, 4.69) is 15.1 Å². The molecule has 108 valence electrons. The van der Waals surface area contributed by atoms with E-state index >= 15 is 0 Å². The fourth-order valence-electron chi connectivity index (χ4n) is 1.48. The Morgan fingerprint density at radius 3 is 2.50 bits per heavy atom. The molecule has 3 N–H and O–H groups in total. The molecule has 0 aliphatic rings. The molecular formula is C10H11F3N6O. The number of hydrogen-bond donors (Lipinski definition) is 2. The zero-order valence-electron chi connectivity index (χ0n) is 10.6. The smallest absolute Gasteiger partial charge is 0.421 e. The predicted molar refractivity (Wildman–Crippen MR) is 62.9 cm³/mol. The van der Waals surface area contributed by atoms with Crippen molar-refractivity contribution in [3.8, 4) is 11.8 Å². The maximum absolute atomic E-state index is 12.7. The van der Waals surface area contributed by atoms with Gasteiger partial charge >= 0.3 is 6.18 Å². The maximum atomic E-state index is 12.7. The van der Waals surface area contributed by atoms with Gasteiger partial charge in [-0.1, -0.05) is 0 Å². The first-order valence-electron chi connectivity index (χ1n) is 5.41. The minimum Gasteiger partial charge on any atom is -0.421 e. The summed E-state index contributed by atoms with van der Waals surface area (Å²) in [6.07, 6.45) is -4.63. The molecule has 7 nitrogen and oxygen atoms in total. The highest BCUT2D eigenvalue weighted by molar-refractivity contribution is 5.32. The van der Waals surface area contributed by atoms with E-state index in [9.17, 15) is 13.2 Å². The number of nitrogens with two attached hydrogens (primary N) is 1. The molecule has 0 saturated heterocycles. The van der Waals surface area contributed by atoms with Crippen molar-refractivity contribution in [2.75, 3.05) is 5.43 Å². The number of hydrazine groups is 1. The molecule has 0 fully saturated rings. The zero-order chi connectivity index (χ0) is 14.9. The fourth-order valence-corrected chi connectivity index (χ4v) is 1.48. The van der Waals surface area contributed by atoms with E-state index in [1.807, 2.05) is 5.43 Å². The molecule has 0 aliphatic carbocycles. The maximum Gasteiger partial charge on any atom is 0.433 e. The van der Waals surface area contributed by atoms with Crippen LogP contribution in [0.4, 0.5) is 19.1 Å². The van der Waals surface area contributed by atoms with Crippen molar-refractivity contribution >= 4 is 5.95 Å². The molecule has 20 heavy (non-hydrogen) atoms. The van der Waals surface area contributed by atoms with Gasteiger partial charge in [0.1, 0.15) is 0 Å². The molecule has 0 aromatic carbocycles. The van der Waals surface area contributed by atoms with Crippen LogP contribution in [0, 0.1) is 6.92 Å². The number of aryl methyl sites for hydroxylation is 2. The first-order valence-corrected chi connectivity index (χ1v) is 5.41. The summed E-state index contributed by atoms with van der Waals surface area (Å²) in [6.45, 7) is 1.72.